The molecule has 0 bridgehead atoms. The number of likely N-dealkylation sites (N-methyl/N-ethyl adjacent to an activating group) is 1. The molecule has 0 aliphatic carbocycles. The van der Waals surface area contributed by atoms with Crippen LogP contribution < -0.4 is 9.64 Å². The molecule has 2 rings (SSSR count). The second-order valence-electron chi connectivity index (χ2n) is 6.08. The molecule has 0 saturated carbocycles. The van der Waals surface area contributed by atoms with Crippen molar-refractivity contribution in [3.8, 4) is 5.75 Å². The van der Waals surface area contributed by atoms with Crippen LogP contribution in [0.25, 0.3) is 0 Å². The topological polar surface area (TPSA) is 68.3 Å². The summed E-state index contributed by atoms with van der Waals surface area (Å²) in [6.07, 6.45) is 6.55. The van der Waals surface area contributed by atoms with Crippen LogP contribution in [0.15, 0.2) is 58.4 Å². The molecular weight excluding hydrogens is 428 g/mol. The Morgan fingerprint density at radius 3 is 2.46 bits per heavy atom. The van der Waals surface area contributed by atoms with E-state index in [9.17, 15) is 9.59 Å². The maximum atomic E-state index is 12.6. The van der Waals surface area contributed by atoms with Gasteiger partial charge in [0, 0.05) is 17.2 Å². The lowest BCUT2D eigenvalue weighted by molar-refractivity contribution is -0.139. The molecule has 1 aromatic carbocycles. The molecule has 1 aliphatic heterocycles. The van der Waals surface area contributed by atoms with Crippen LogP contribution in [0.2, 0.25) is 0 Å². The monoisotopic (exact) mass is 450 g/mol. The van der Waals surface area contributed by atoms with Gasteiger partial charge >= 0.3 is 11.9 Å². The first-order valence-corrected chi connectivity index (χ1v) is 9.30. The highest BCUT2D eigenvalue weighted by Crippen LogP contribution is 2.36. The molecule has 0 atom stereocenters. The highest BCUT2D eigenvalue weighted by Gasteiger charge is 2.29. The number of ether oxygens (including phenoxy) is 3. The van der Waals surface area contributed by atoms with Crippen molar-refractivity contribution in [3.05, 3.63) is 58.4 Å². The van der Waals surface area contributed by atoms with Gasteiger partial charge in [-0.1, -0.05) is 22.0 Å². The quantitative estimate of drug-likeness (QED) is 0.591. The first-order chi connectivity index (χ1) is 13.4. The van der Waals surface area contributed by atoms with Crippen LogP contribution in [0.5, 0.6) is 5.75 Å². The summed E-state index contributed by atoms with van der Waals surface area (Å²) in [5.74, 6) is -0.760. The fourth-order valence-corrected chi connectivity index (χ4v) is 2.83. The molecule has 0 radical (unpaired) electrons. The van der Waals surface area contributed by atoms with E-state index < -0.39 is 11.9 Å². The van der Waals surface area contributed by atoms with Gasteiger partial charge < -0.3 is 24.0 Å². The number of rotatable bonds is 7. The first-order valence-electron chi connectivity index (χ1n) is 8.51. The maximum Gasteiger partial charge on any atom is 0.355 e. The molecule has 150 valence electrons. The number of benzene rings is 1. The van der Waals surface area contributed by atoms with Crippen molar-refractivity contribution < 1.29 is 23.8 Å². The summed E-state index contributed by atoms with van der Waals surface area (Å²) in [6.45, 7) is 1.17. The van der Waals surface area contributed by atoms with E-state index in [4.69, 9.17) is 14.2 Å². The van der Waals surface area contributed by atoms with Gasteiger partial charge in [0.15, 0.2) is 0 Å². The minimum Gasteiger partial charge on any atom is -0.490 e. The van der Waals surface area contributed by atoms with Gasteiger partial charge in [0.2, 0.25) is 0 Å². The summed E-state index contributed by atoms with van der Waals surface area (Å²) < 4.78 is 16.5. The number of hydrogen-bond acceptors (Lipinski definition) is 7. The number of carbonyl (C=O) groups excluding carboxylic acids is 2. The van der Waals surface area contributed by atoms with Crippen molar-refractivity contribution >= 4 is 33.6 Å². The zero-order valence-electron chi connectivity index (χ0n) is 16.3. The van der Waals surface area contributed by atoms with Gasteiger partial charge in [-0.15, -0.1) is 0 Å². The standard InChI is InChI=1S/C20H23BrN2O5/c1-22(2)11-12-28-17-13-14(21)8-9-16(17)23-10-6-5-7-15(19(24)26-3)18(23)20(25)27-4/h5-10,13H,11-12H2,1-4H3. The second kappa shape index (κ2) is 10.1. The lowest BCUT2D eigenvalue weighted by atomic mass is 10.1. The lowest BCUT2D eigenvalue weighted by Crippen LogP contribution is -2.27. The van der Waals surface area contributed by atoms with E-state index in [1.165, 1.54) is 20.3 Å². The van der Waals surface area contributed by atoms with Gasteiger partial charge in [-0.25, -0.2) is 9.59 Å². The van der Waals surface area contributed by atoms with Gasteiger partial charge in [-0.05, 0) is 44.4 Å². The van der Waals surface area contributed by atoms with E-state index in [-0.39, 0.29) is 11.3 Å². The zero-order valence-corrected chi connectivity index (χ0v) is 17.9. The molecule has 0 spiro atoms. The van der Waals surface area contributed by atoms with Crippen LogP contribution in [-0.4, -0.2) is 58.3 Å². The van der Waals surface area contributed by atoms with Crippen molar-refractivity contribution in [3.63, 3.8) is 0 Å². The maximum absolute atomic E-state index is 12.6. The van der Waals surface area contributed by atoms with Crippen molar-refractivity contribution in [1.29, 1.82) is 0 Å². The number of nitrogens with zero attached hydrogens (tertiary/aromatic N) is 2. The van der Waals surface area contributed by atoms with Crippen LogP contribution in [0, 0.1) is 0 Å². The molecule has 8 heteroatoms. The van der Waals surface area contributed by atoms with Crippen LogP contribution in [0.3, 0.4) is 0 Å². The molecule has 0 fully saturated rings. The number of hydrogen-bond donors (Lipinski definition) is 0. The average molecular weight is 451 g/mol. The summed E-state index contributed by atoms with van der Waals surface area (Å²) in [5.41, 5.74) is 0.712. The number of allylic oxidation sites excluding steroid dienone is 2. The Morgan fingerprint density at radius 2 is 1.82 bits per heavy atom. The Morgan fingerprint density at radius 1 is 1.11 bits per heavy atom. The fourth-order valence-electron chi connectivity index (χ4n) is 2.49. The molecule has 0 aromatic heterocycles. The molecule has 0 unspecified atom stereocenters. The van der Waals surface area contributed by atoms with Gasteiger partial charge in [-0.2, -0.15) is 0 Å². The van der Waals surface area contributed by atoms with E-state index >= 15 is 0 Å². The van der Waals surface area contributed by atoms with Crippen LogP contribution in [0.1, 0.15) is 0 Å². The predicted octanol–water partition coefficient (Wildman–Crippen LogP) is 2.88. The largest absolute Gasteiger partial charge is 0.490 e. The SMILES string of the molecule is COC(=O)C1=C(C(=O)OC)N(c2ccc(Br)cc2OCCN(C)C)C=CC=C1. The van der Waals surface area contributed by atoms with Crippen molar-refractivity contribution in [2.75, 3.05) is 46.4 Å². The van der Waals surface area contributed by atoms with E-state index in [1.54, 1.807) is 29.3 Å². The van der Waals surface area contributed by atoms with E-state index in [2.05, 4.69) is 15.9 Å². The molecule has 0 N–H and O–H groups in total. The fraction of sp³-hybridized carbons (Fsp3) is 0.300. The third-order valence-electron chi connectivity index (χ3n) is 3.87. The number of carbonyl (C=O) groups is 2. The Balaban J connectivity index is 2.57. The molecule has 7 nitrogen and oxygen atoms in total. The molecule has 1 aliphatic rings. The minimum absolute atomic E-state index is 0.0409. The molecule has 1 heterocycles. The lowest BCUT2D eigenvalue weighted by Gasteiger charge is -2.25. The normalized spacial score (nSPS) is 13.6. The average Bonchev–Trinajstić information content (AvgIpc) is 2.89. The Hall–Kier alpha value is -2.58. The van der Waals surface area contributed by atoms with Crippen molar-refractivity contribution in [2.45, 2.75) is 0 Å². The summed E-state index contributed by atoms with van der Waals surface area (Å²) >= 11 is 3.44. The number of esters is 2. The van der Waals surface area contributed by atoms with E-state index in [0.29, 0.717) is 18.0 Å². The van der Waals surface area contributed by atoms with Gasteiger partial charge in [0.05, 0.1) is 25.5 Å². The summed E-state index contributed by atoms with van der Waals surface area (Å²) in [6, 6.07) is 5.43. The number of anilines is 1. The van der Waals surface area contributed by atoms with Gasteiger partial charge in [0.25, 0.3) is 0 Å². The third-order valence-corrected chi connectivity index (χ3v) is 4.36. The van der Waals surface area contributed by atoms with Crippen LogP contribution in [0.4, 0.5) is 5.69 Å². The Kier molecular flexibility index (Phi) is 7.83. The number of methoxy groups -OCH3 is 2. The van der Waals surface area contributed by atoms with Crippen LogP contribution in [-0.2, 0) is 19.1 Å². The van der Waals surface area contributed by atoms with Crippen molar-refractivity contribution in [1.82, 2.24) is 4.90 Å². The highest BCUT2D eigenvalue weighted by atomic mass is 79.9. The minimum atomic E-state index is -0.668. The molecule has 0 saturated heterocycles. The number of halogens is 1. The molecule has 1 aromatic rings. The van der Waals surface area contributed by atoms with Gasteiger partial charge in [0.1, 0.15) is 18.1 Å². The second-order valence-corrected chi connectivity index (χ2v) is 7.00. The zero-order chi connectivity index (χ0) is 20.7. The Bertz CT molecular complexity index is 830. The highest BCUT2D eigenvalue weighted by molar-refractivity contribution is 9.10. The van der Waals surface area contributed by atoms with Crippen LogP contribution >= 0.6 is 15.9 Å². The third kappa shape index (κ3) is 5.24. The summed E-state index contributed by atoms with van der Waals surface area (Å²) in [5, 5.41) is 0. The smallest absolute Gasteiger partial charge is 0.355 e. The van der Waals surface area contributed by atoms with Gasteiger partial charge in [-0.3, -0.25) is 0 Å². The summed E-state index contributed by atoms with van der Waals surface area (Å²) in [7, 11) is 6.43. The first kappa shape index (κ1) is 21.7. The van der Waals surface area contributed by atoms with E-state index in [1.807, 2.05) is 31.1 Å². The molecule has 28 heavy (non-hydrogen) atoms. The Labute approximate surface area is 173 Å². The summed E-state index contributed by atoms with van der Waals surface area (Å²) in [4.78, 5) is 28.4. The van der Waals surface area contributed by atoms with E-state index in [0.717, 1.165) is 11.0 Å². The molecule has 0 amide bonds. The molecular formula is C20H23BrN2O5. The van der Waals surface area contributed by atoms with Crippen molar-refractivity contribution in [2.24, 2.45) is 0 Å². The predicted molar refractivity (Wildman–Crippen MR) is 110 cm³/mol.